The van der Waals surface area contributed by atoms with Crippen LogP contribution in [0.4, 0.5) is 5.82 Å². The van der Waals surface area contributed by atoms with Gasteiger partial charge in [0.2, 0.25) is 0 Å². The zero-order valence-electron chi connectivity index (χ0n) is 11.6. The number of rotatable bonds is 4. The van der Waals surface area contributed by atoms with E-state index in [0.29, 0.717) is 5.92 Å². The van der Waals surface area contributed by atoms with Gasteiger partial charge in [0.15, 0.2) is 5.82 Å². The highest BCUT2D eigenvalue weighted by molar-refractivity contribution is 14.1. The van der Waals surface area contributed by atoms with Gasteiger partial charge < -0.3 is 5.32 Å². The van der Waals surface area contributed by atoms with Crippen LogP contribution in [0.2, 0.25) is 0 Å². The summed E-state index contributed by atoms with van der Waals surface area (Å²) >= 11 is 2.31. The topological polar surface area (TPSA) is 55.6 Å². The summed E-state index contributed by atoms with van der Waals surface area (Å²) in [6.45, 7) is 7.20. The smallest absolute Gasteiger partial charge is 0.165 e. The summed E-state index contributed by atoms with van der Waals surface area (Å²) < 4.78 is 2.86. The van der Waals surface area contributed by atoms with Crippen molar-refractivity contribution in [1.82, 2.24) is 19.7 Å². The van der Waals surface area contributed by atoms with Crippen LogP contribution in [0.1, 0.15) is 32.4 Å². The summed E-state index contributed by atoms with van der Waals surface area (Å²) in [5.41, 5.74) is 2.02. The molecule has 0 aromatic carbocycles. The van der Waals surface area contributed by atoms with Gasteiger partial charge in [-0.1, -0.05) is 13.8 Å². The molecule has 2 heterocycles. The molecule has 6 heteroatoms. The van der Waals surface area contributed by atoms with Gasteiger partial charge in [-0.25, -0.2) is 9.97 Å². The van der Waals surface area contributed by atoms with Crippen molar-refractivity contribution in [3.8, 4) is 11.4 Å². The normalized spacial score (nSPS) is 11.1. The number of hydrogen-bond donors (Lipinski definition) is 1. The molecule has 5 nitrogen and oxygen atoms in total. The van der Waals surface area contributed by atoms with E-state index in [1.54, 1.807) is 10.9 Å². The summed E-state index contributed by atoms with van der Waals surface area (Å²) in [4.78, 5) is 9.29. The van der Waals surface area contributed by atoms with Crippen LogP contribution in [-0.2, 0) is 7.05 Å². The summed E-state index contributed by atoms with van der Waals surface area (Å²) in [7, 11) is 1.89. The Morgan fingerprint density at radius 1 is 1.37 bits per heavy atom. The predicted molar refractivity (Wildman–Crippen MR) is 85.2 cm³/mol. The molecule has 0 aliphatic heterocycles. The second-order valence-corrected chi connectivity index (χ2v) is 5.76. The molecule has 0 amide bonds. The van der Waals surface area contributed by atoms with Crippen molar-refractivity contribution >= 4 is 28.4 Å². The van der Waals surface area contributed by atoms with Gasteiger partial charge in [0.05, 0.1) is 21.0 Å². The molecule has 0 aliphatic rings. The molecule has 0 saturated heterocycles. The molecule has 0 fully saturated rings. The Kier molecular flexibility index (Phi) is 4.38. The van der Waals surface area contributed by atoms with Gasteiger partial charge in [-0.15, -0.1) is 0 Å². The molecule has 19 heavy (non-hydrogen) atoms. The Bertz CT molecular complexity index is 576. The van der Waals surface area contributed by atoms with Crippen molar-refractivity contribution in [1.29, 1.82) is 0 Å². The first kappa shape index (κ1) is 14.2. The number of nitrogens with zero attached hydrogens (tertiary/aromatic N) is 4. The van der Waals surface area contributed by atoms with E-state index in [0.717, 1.165) is 33.0 Å². The van der Waals surface area contributed by atoms with Gasteiger partial charge in [0.1, 0.15) is 5.82 Å². The maximum Gasteiger partial charge on any atom is 0.165 e. The molecule has 0 aliphatic carbocycles. The highest BCUT2D eigenvalue weighted by atomic mass is 127. The monoisotopic (exact) mass is 371 g/mol. The summed E-state index contributed by atoms with van der Waals surface area (Å²) in [5.74, 6) is 2.00. The maximum absolute atomic E-state index is 4.69. The zero-order chi connectivity index (χ0) is 14.0. The number of aromatic nitrogens is 4. The van der Waals surface area contributed by atoms with Gasteiger partial charge in [-0.3, -0.25) is 4.68 Å². The molecular weight excluding hydrogens is 353 g/mol. The van der Waals surface area contributed by atoms with Crippen LogP contribution in [0, 0.1) is 3.57 Å². The molecule has 2 rings (SSSR count). The average Bonchev–Trinajstić information content (AvgIpc) is 2.78. The van der Waals surface area contributed by atoms with Gasteiger partial charge in [-0.05, 0) is 35.4 Å². The summed E-state index contributed by atoms with van der Waals surface area (Å²) in [6, 6.07) is 0. The van der Waals surface area contributed by atoms with Crippen LogP contribution < -0.4 is 5.32 Å². The van der Waals surface area contributed by atoms with E-state index in [1.807, 2.05) is 13.2 Å². The van der Waals surface area contributed by atoms with Gasteiger partial charge in [0, 0.05) is 19.8 Å². The lowest BCUT2D eigenvalue weighted by atomic mass is 10.1. The molecule has 0 saturated carbocycles. The van der Waals surface area contributed by atoms with Crippen LogP contribution in [0.25, 0.3) is 11.4 Å². The minimum atomic E-state index is 0.364. The first-order valence-corrected chi connectivity index (χ1v) is 7.41. The first-order valence-electron chi connectivity index (χ1n) is 6.33. The van der Waals surface area contributed by atoms with Crippen molar-refractivity contribution in [2.45, 2.75) is 26.7 Å². The van der Waals surface area contributed by atoms with E-state index in [4.69, 9.17) is 0 Å². The fourth-order valence-corrected chi connectivity index (χ4v) is 2.85. The average molecular weight is 371 g/mol. The van der Waals surface area contributed by atoms with Crippen molar-refractivity contribution in [2.24, 2.45) is 7.05 Å². The molecule has 0 bridgehead atoms. The van der Waals surface area contributed by atoms with Gasteiger partial charge in [-0.2, -0.15) is 5.10 Å². The summed E-state index contributed by atoms with van der Waals surface area (Å²) in [6.07, 6.45) is 3.73. The van der Waals surface area contributed by atoms with Crippen LogP contribution in [-0.4, -0.2) is 26.3 Å². The highest BCUT2D eigenvalue weighted by Gasteiger charge is 2.16. The first-order chi connectivity index (χ1) is 9.02. The Morgan fingerprint density at radius 2 is 2.11 bits per heavy atom. The molecule has 102 valence electrons. The standard InChI is InChI=1S/C13H18IN5/c1-5-15-13-10(14)11(8(2)3)17-12(18-13)9-6-16-19(4)7-9/h6-8H,5H2,1-4H3,(H,15,17,18). The van der Waals surface area contributed by atoms with E-state index in [2.05, 4.69) is 63.7 Å². The van der Waals surface area contributed by atoms with E-state index in [-0.39, 0.29) is 0 Å². The molecule has 0 atom stereocenters. The third-order valence-electron chi connectivity index (χ3n) is 2.73. The maximum atomic E-state index is 4.69. The molecule has 0 unspecified atom stereocenters. The third-order valence-corrected chi connectivity index (χ3v) is 3.79. The number of halogens is 1. The van der Waals surface area contributed by atoms with Gasteiger partial charge in [0.25, 0.3) is 0 Å². The van der Waals surface area contributed by atoms with Crippen LogP contribution in [0.5, 0.6) is 0 Å². The van der Waals surface area contributed by atoms with Crippen molar-refractivity contribution in [3.63, 3.8) is 0 Å². The molecule has 2 aromatic rings. The minimum Gasteiger partial charge on any atom is -0.369 e. The van der Waals surface area contributed by atoms with E-state index in [1.165, 1.54) is 0 Å². The number of aryl methyl sites for hydroxylation is 1. The lowest BCUT2D eigenvalue weighted by Crippen LogP contribution is -2.08. The fourth-order valence-electron chi connectivity index (χ4n) is 1.80. The molecule has 0 radical (unpaired) electrons. The SMILES string of the molecule is CCNc1nc(-c2cnn(C)c2)nc(C(C)C)c1I. The van der Waals surface area contributed by atoms with Crippen LogP contribution in [0.15, 0.2) is 12.4 Å². The van der Waals surface area contributed by atoms with E-state index < -0.39 is 0 Å². The van der Waals surface area contributed by atoms with Crippen LogP contribution in [0.3, 0.4) is 0 Å². The molecule has 0 spiro atoms. The zero-order valence-corrected chi connectivity index (χ0v) is 13.8. The minimum absolute atomic E-state index is 0.364. The Hall–Kier alpha value is -1.18. The molecular formula is C13H18IN5. The lowest BCUT2D eigenvalue weighted by Gasteiger charge is -2.13. The number of nitrogens with one attached hydrogen (secondary N) is 1. The Morgan fingerprint density at radius 3 is 2.63 bits per heavy atom. The second-order valence-electron chi connectivity index (χ2n) is 4.68. The second kappa shape index (κ2) is 5.85. The Balaban J connectivity index is 2.55. The van der Waals surface area contributed by atoms with E-state index >= 15 is 0 Å². The predicted octanol–water partition coefficient (Wildman–Crippen LogP) is 3.04. The quantitative estimate of drug-likeness (QED) is 0.840. The van der Waals surface area contributed by atoms with Gasteiger partial charge >= 0.3 is 0 Å². The van der Waals surface area contributed by atoms with Crippen molar-refractivity contribution in [3.05, 3.63) is 21.7 Å². The number of hydrogen-bond acceptors (Lipinski definition) is 4. The number of anilines is 1. The molecule has 2 aromatic heterocycles. The van der Waals surface area contributed by atoms with Crippen LogP contribution >= 0.6 is 22.6 Å². The lowest BCUT2D eigenvalue weighted by molar-refractivity contribution is 0.767. The largest absolute Gasteiger partial charge is 0.369 e. The third kappa shape index (κ3) is 3.05. The summed E-state index contributed by atoms with van der Waals surface area (Å²) in [5, 5.41) is 7.48. The van der Waals surface area contributed by atoms with Crippen molar-refractivity contribution in [2.75, 3.05) is 11.9 Å². The Labute approximate surface area is 127 Å². The highest BCUT2D eigenvalue weighted by Crippen LogP contribution is 2.28. The van der Waals surface area contributed by atoms with Crippen molar-refractivity contribution < 1.29 is 0 Å². The van der Waals surface area contributed by atoms with E-state index in [9.17, 15) is 0 Å². The fraction of sp³-hybridized carbons (Fsp3) is 0.462. The molecule has 1 N–H and O–H groups in total.